The summed E-state index contributed by atoms with van der Waals surface area (Å²) in [6.45, 7) is -0.671. The van der Waals surface area contributed by atoms with Gasteiger partial charge in [-0.25, -0.2) is 19.9 Å². The van der Waals surface area contributed by atoms with E-state index in [-0.39, 0.29) is 5.71 Å². The molecule has 0 aliphatic heterocycles. The summed E-state index contributed by atoms with van der Waals surface area (Å²) in [5.74, 6) is 0.807. The Morgan fingerprint density at radius 2 is 1.44 bits per heavy atom. The molecule has 0 fully saturated rings. The number of hydrogen-bond acceptors (Lipinski definition) is 11. The summed E-state index contributed by atoms with van der Waals surface area (Å²) in [6, 6.07) is 11.0. The molecule has 0 bridgehead atoms. The molecule has 2 heterocycles. The lowest BCUT2D eigenvalue weighted by Gasteiger charge is -2.15. The number of aliphatic hydroxyl groups excluding tert-OH is 3. The summed E-state index contributed by atoms with van der Waals surface area (Å²) in [5, 5.41) is 39.3. The van der Waals surface area contributed by atoms with Gasteiger partial charge >= 0.3 is 0 Å². The number of hydrazone groups is 2. The number of aliphatic hydroxyl groups is 3. The highest BCUT2D eigenvalue weighted by Gasteiger charge is 2.21. The van der Waals surface area contributed by atoms with Crippen molar-refractivity contribution in [1.29, 1.82) is 0 Å². The average molecular weight is 590 g/mol. The van der Waals surface area contributed by atoms with Gasteiger partial charge in [-0.3, -0.25) is 10.9 Å². The second kappa shape index (κ2) is 10.9. The summed E-state index contributed by atoms with van der Waals surface area (Å²) < 4.78 is 1.67. The van der Waals surface area contributed by atoms with Crippen molar-refractivity contribution in [2.45, 2.75) is 12.2 Å². The summed E-state index contributed by atoms with van der Waals surface area (Å²) >= 11 is 6.83. The van der Waals surface area contributed by atoms with Crippen LogP contribution in [0.15, 0.2) is 68.2 Å². The third kappa shape index (κ3) is 5.51. The molecule has 0 amide bonds. The Bertz CT molecular complexity index is 1390. The molecule has 0 radical (unpaired) electrons. The fraction of sp³-hybridized carbons (Fsp3) is 0.143. The van der Waals surface area contributed by atoms with Gasteiger partial charge in [0.15, 0.2) is 11.6 Å². The minimum Gasteiger partial charge on any atom is -0.394 e. The minimum absolute atomic E-state index is 0.0599. The molecule has 5 N–H and O–H groups in total. The van der Waals surface area contributed by atoms with Gasteiger partial charge in [0.25, 0.3) is 0 Å². The monoisotopic (exact) mass is 588 g/mol. The van der Waals surface area contributed by atoms with E-state index in [2.05, 4.69) is 72.9 Å². The molecule has 2 unspecified atom stereocenters. The van der Waals surface area contributed by atoms with Crippen molar-refractivity contribution in [1.82, 2.24) is 19.9 Å². The van der Waals surface area contributed by atoms with Crippen LogP contribution in [0.3, 0.4) is 0 Å². The van der Waals surface area contributed by atoms with Crippen molar-refractivity contribution < 1.29 is 15.3 Å². The number of fused-ring (bicyclic) bond motifs is 2. The quantitative estimate of drug-likeness (QED) is 0.154. The Hall–Kier alpha value is -3.10. The maximum absolute atomic E-state index is 10.4. The van der Waals surface area contributed by atoms with Crippen molar-refractivity contribution in [2.75, 3.05) is 17.5 Å². The number of rotatable bonds is 8. The van der Waals surface area contributed by atoms with Crippen LogP contribution < -0.4 is 10.9 Å². The van der Waals surface area contributed by atoms with Crippen LogP contribution in [0.4, 0.5) is 11.6 Å². The van der Waals surface area contributed by atoms with E-state index in [0.717, 1.165) is 14.3 Å². The highest BCUT2D eigenvalue weighted by Crippen LogP contribution is 2.24. The molecular weight excluding hydrogens is 572 g/mol. The molecule has 174 valence electrons. The van der Waals surface area contributed by atoms with Gasteiger partial charge < -0.3 is 15.3 Å². The maximum atomic E-state index is 10.4. The van der Waals surface area contributed by atoms with Gasteiger partial charge in [-0.15, -0.1) is 0 Å². The van der Waals surface area contributed by atoms with Crippen LogP contribution in [0.1, 0.15) is 0 Å². The van der Waals surface area contributed by atoms with Crippen LogP contribution in [0.5, 0.6) is 0 Å². The topological polar surface area (TPSA) is 161 Å². The number of nitrogens with one attached hydrogen (secondary N) is 2. The number of nitrogens with zero attached hydrogens (tertiary/aromatic N) is 6. The minimum atomic E-state index is -1.53. The van der Waals surface area contributed by atoms with E-state index in [9.17, 15) is 15.3 Å². The fourth-order valence-corrected chi connectivity index (χ4v) is 3.70. The first-order chi connectivity index (χ1) is 16.5. The van der Waals surface area contributed by atoms with E-state index in [0.29, 0.717) is 28.1 Å². The van der Waals surface area contributed by atoms with Crippen LogP contribution in [-0.2, 0) is 0 Å². The van der Waals surface area contributed by atoms with Gasteiger partial charge in [-0.2, -0.15) is 10.2 Å². The van der Waals surface area contributed by atoms with Crippen molar-refractivity contribution in [2.24, 2.45) is 10.2 Å². The van der Waals surface area contributed by atoms with E-state index in [4.69, 9.17) is 0 Å². The second-order valence-electron chi connectivity index (χ2n) is 6.98. The molecule has 2 aromatic carbocycles. The third-order valence-corrected chi connectivity index (χ3v) is 5.69. The van der Waals surface area contributed by atoms with Crippen molar-refractivity contribution in [3.63, 3.8) is 0 Å². The fourth-order valence-electron chi connectivity index (χ4n) is 2.98. The number of halogens is 2. The number of benzene rings is 2. The van der Waals surface area contributed by atoms with E-state index in [1.807, 2.05) is 36.4 Å². The number of anilines is 2. The lowest BCUT2D eigenvalue weighted by molar-refractivity contribution is 0.0193. The Kier molecular flexibility index (Phi) is 7.70. The molecule has 0 aliphatic carbocycles. The van der Waals surface area contributed by atoms with E-state index in [1.165, 1.54) is 18.9 Å². The molecule has 2 aromatic heterocycles. The first-order valence-electron chi connectivity index (χ1n) is 9.86. The Morgan fingerprint density at radius 1 is 0.882 bits per heavy atom. The largest absolute Gasteiger partial charge is 0.394 e. The highest BCUT2D eigenvalue weighted by molar-refractivity contribution is 9.10. The summed E-state index contributed by atoms with van der Waals surface area (Å²) in [6.07, 6.45) is 0.980. The summed E-state index contributed by atoms with van der Waals surface area (Å²) in [5.41, 5.74) is 6.91. The first-order valence-corrected chi connectivity index (χ1v) is 11.4. The SMILES string of the molecule is OCC(O)C(O)C(/C=N/Nc1ncnc2ccc(Br)cc12)=N\Nc1ncnc2ccc(Br)cc12. The van der Waals surface area contributed by atoms with Crippen LogP contribution in [0.25, 0.3) is 21.8 Å². The van der Waals surface area contributed by atoms with Gasteiger partial charge in [0.2, 0.25) is 0 Å². The van der Waals surface area contributed by atoms with Crippen molar-refractivity contribution >= 4 is 77.2 Å². The van der Waals surface area contributed by atoms with Crippen molar-refractivity contribution in [3.8, 4) is 0 Å². The zero-order chi connectivity index (χ0) is 24.1. The zero-order valence-electron chi connectivity index (χ0n) is 17.3. The van der Waals surface area contributed by atoms with Crippen LogP contribution >= 0.6 is 31.9 Å². The maximum Gasteiger partial charge on any atom is 0.157 e. The molecule has 0 saturated carbocycles. The third-order valence-electron chi connectivity index (χ3n) is 4.71. The van der Waals surface area contributed by atoms with E-state index < -0.39 is 18.8 Å². The molecule has 4 aromatic rings. The molecule has 13 heteroatoms. The molecule has 11 nitrogen and oxygen atoms in total. The smallest absolute Gasteiger partial charge is 0.157 e. The van der Waals surface area contributed by atoms with Gasteiger partial charge in [0, 0.05) is 19.7 Å². The molecule has 0 aliphatic rings. The second-order valence-corrected chi connectivity index (χ2v) is 8.81. The predicted octanol–water partition coefficient (Wildman–Crippen LogP) is 2.68. The van der Waals surface area contributed by atoms with Gasteiger partial charge in [0.05, 0.1) is 23.9 Å². The van der Waals surface area contributed by atoms with Gasteiger partial charge in [-0.05, 0) is 36.4 Å². The van der Waals surface area contributed by atoms with E-state index in [1.54, 1.807) is 0 Å². The van der Waals surface area contributed by atoms with Crippen LogP contribution in [-0.4, -0.2) is 66.0 Å². The van der Waals surface area contributed by atoms with Crippen LogP contribution in [0, 0.1) is 0 Å². The number of aromatic nitrogens is 4. The Labute approximate surface area is 210 Å². The predicted molar refractivity (Wildman–Crippen MR) is 137 cm³/mol. The highest BCUT2D eigenvalue weighted by atomic mass is 79.9. The van der Waals surface area contributed by atoms with Crippen molar-refractivity contribution in [3.05, 3.63) is 58.0 Å². The summed E-state index contributed by atoms with van der Waals surface area (Å²) in [4.78, 5) is 16.8. The average Bonchev–Trinajstić information content (AvgIpc) is 2.85. The lowest BCUT2D eigenvalue weighted by Crippen LogP contribution is -2.37. The molecule has 4 rings (SSSR count). The zero-order valence-corrected chi connectivity index (χ0v) is 20.5. The lowest BCUT2D eigenvalue weighted by atomic mass is 10.1. The molecule has 2 atom stereocenters. The normalized spacial score (nSPS) is 14.0. The molecular formula is C21H18Br2N8O3. The van der Waals surface area contributed by atoms with Crippen LogP contribution in [0.2, 0.25) is 0 Å². The molecule has 0 spiro atoms. The number of hydrogen-bond donors (Lipinski definition) is 5. The first kappa shape index (κ1) is 24.0. The Morgan fingerprint density at radius 3 is 2.00 bits per heavy atom. The van der Waals surface area contributed by atoms with E-state index >= 15 is 0 Å². The van der Waals surface area contributed by atoms with Gasteiger partial charge in [-0.1, -0.05) is 31.9 Å². The Balaban J connectivity index is 1.62. The standard InChI is InChI=1S/C21H18Br2N8O3/c22-11-1-3-15-13(5-11)20(26-9-24-15)30-28-7-17(19(34)18(33)8-32)29-31-21-14-6-12(23)2-4-16(14)25-10-27-21/h1-7,9-10,18-19,32-34H,8H2,(H,24,26,30)(H,25,27,31)/b28-7+,29-17-. The van der Waals surface area contributed by atoms with Gasteiger partial charge in [0.1, 0.15) is 30.6 Å². The summed E-state index contributed by atoms with van der Waals surface area (Å²) in [7, 11) is 0. The molecule has 34 heavy (non-hydrogen) atoms. The molecule has 0 saturated heterocycles.